The van der Waals surface area contributed by atoms with Crippen LogP contribution in [-0.4, -0.2) is 23.1 Å². The molecule has 0 atom stereocenters. The summed E-state index contributed by atoms with van der Waals surface area (Å²) in [5.41, 5.74) is 6.36. The van der Waals surface area contributed by atoms with E-state index in [4.69, 9.17) is 52.8 Å². The maximum absolute atomic E-state index is 10.3. The number of allylic oxidation sites excluding steroid dienone is 6. The summed E-state index contributed by atoms with van der Waals surface area (Å²) >= 11 is 3.42. The van der Waals surface area contributed by atoms with Gasteiger partial charge in [-0.25, -0.2) is 0 Å². The molecular weight excluding hydrogens is 1640 g/mol. The van der Waals surface area contributed by atoms with Crippen LogP contribution in [0.5, 0.6) is 0 Å². The summed E-state index contributed by atoms with van der Waals surface area (Å²) in [5, 5.41) is 70.6. The molecule has 0 bridgehead atoms. The maximum Gasteiger partial charge on any atom is 0.297 e. The van der Waals surface area contributed by atoms with Crippen LogP contribution in [0.25, 0.3) is 167 Å². The topological polar surface area (TPSA) is 200 Å². The predicted molar refractivity (Wildman–Crippen MR) is 528 cm³/mol. The molecule has 0 aromatic heterocycles. The minimum absolute atomic E-state index is 0.0787. The second-order valence-electron chi connectivity index (χ2n) is 30.1. The van der Waals surface area contributed by atoms with E-state index in [0.29, 0.717) is 33.5 Å². The second-order valence-corrected chi connectivity index (χ2v) is 32.2. The zero-order valence-electron chi connectivity index (χ0n) is 69.8. The summed E-state index contributed by atoms with van der Waals surface area (Å²) in [6, 6.07) is 104. The Morgan fingerprint density at radius 2 is 0.600 bits per heavy atom. The number of rotatable bonds is 0. The lowest BCUT2D eigenvalue weighted by Crippen LogP contribution is -2.20. The van der Waals surface area contributed by atoms with Gasteiger partial charge in [-0.15, -0.1) is 12.8 Å². The lowest BCUT2D eigenvalue weighted by Gasteiger charge is -2.22. The first kappa shape index (κ1) is 86.2. The molecule has 12 nitrogen and oxygen atoms in total. The van der Waals surface area contributed by atoms with Gasteiger partial charge >= 0.3 is 0 Å². The number of terminal acetylenes is 2. The van der Waals surface area contributed by atoms with Crippen molar-refractivity contribution in [1.29, 1.82) is 21.0 Å². The molecule has 618 valence electrons. The Morgan fingerprint density at radius 3 is 0.908 bits per heavy atom. The van der Waals surface area contributed by atoms with E-state index in [9.17, 15) is 19.2 Å². The number of fused-ring (bicyclic) bond motifs is 14. The van der Waals surface area contributed by atoms with Crippen molar-refractivity contribution in [3.63, 3.8) is 0 Å². The van der Waals surface area contributed by atoms with Gasteiger partial charge in [-0.2, -0.15) is 21.0 Å². The van der Waals surface area contributed by atoms with Gasteiger partial charge in [0, 0.05) is 15.7 Å². The monoisotopic (exact) mass is 1710 g/mol. The van der Waals surface area contributed by atoms with Crippen LogP contribution in [0, 0.1) is 70.0 Å². The largest absolute Gasteiger partial charge is 0.430 e. The highest BCUT2D eigenvalue weighted by Crippen LogP contribution is 2.46. The van der Waals surface area contributed by atoms with Crippen LogP contribution in [0.2, 0.25) is 0 Å². The van der Waals surface area contributed by atoms with Gasteiger partial charge in [0.1, 0.15) is 66.0 Å². The minimum Gasteiger partial charge on any atom is -0.430 e. The van der Waals surface area contributed by atoms with Crippen molar-refractivity contribution in [2.45, 2.75) is 25.7 Å². The van der Waals surface area contributed by atoms with E-state index in [1.54, 1.807) is 59.9 Å². The minimum atomic E-state index is -0.121. The Balaban J connectivity index is 0.000000108. The molecule has 0 radical (unpaired) electrons. The van der Waals surface area contributed by atoms with Crippen LogP contribution in [0.15, 0.2) is 351 Å². The predicted octanol–water partition coefficient (Wildman–Crippen LogP) is 16.8. The van der Waals surface area contributed by atoms with Crippen LogP contribution in [0.3, 0.4) is 0 Å². The third-order valence-electron chi connectivity index (χ3n) is 22.0. The molecule has 0 N–H and O–H groups in total. The van der Waals surface area contributed by atoms with E-state index in [-0.39, 0.29) is 35.1 Å². The Bertz CT molecular complexity index is 7660. The first-order chi connectivity index (χ1) is 63.8. The number of benzene rings is 15. The highest BCUT2D eigenvalue weighted by Gasteiger charge is 2.20. The SMILES string of the molecule is C#CC(C#N)=c1ccc(=C2OC=CO2)cc1.C#CC(C#N)=c1ccc(=C2SC=CS2)cc1.C1=c2cc3cc4ccccc4cc3cc2=CC1.C1=c2cc3cc4ccccc4cc3cc2=CC1.C1=c2cc3cc4ccccc4cc3cc2=CC1.N#CC(C#N)=c1ccc(=C2OC=CO2)c2ccccc12.O=C1C=CC(=O)C1.O=C1C=CC(=O)C=C1.c1ccc2c(c1)-c1ccccc1-2. The van der Waals surface area contributed by atoms with Crippen LogP contribution in [0.4, 0.5) is 0 Å². The number of ether oxygens (including phenoxy) is 4. The van der Waals surface area contributed by atoms with Gasteiger partial charge in [0.05, 0.1) is 21.1 Å². The Morgan fingerprint density at radius 1 is 0.300 bits per heavy atom. The van der Waals surface area contributed by atoms with E-state index in [2.05, 4.69) is 253 Å². The summed E-state index contributed by atoms with van der Waals surface area (Å²) < 4.78 is 22.0. The number of hydrogen-bond donors (Lipinski definition) is 0. The molecule has 6 aliphatic carbocycles. The molecule has 9 aliphatic rings. The molecule has 24 rings (SSSR count). The number of nitrogens with zero attached hydrogens (tertiary/aromatic N) is 4. The highest BCUT2D eigenvalue weighted by atomic mass is 32.2. The lowest BCUT2D eigenvalue weighted by atomic mass is 9.81. The first-order valence-electron chi connectivity index (χ1n) is 41.5. The molecule has 0 saturated carbocycles. The molecule has 0 fully saturated rings. The number of nitriles is 4. The van der Waals surface area contributed by atoms with Gasteiger partial charge in [-0.1, -0.05) is 260 Å². The van der Waals surface area contributed by atoms with Crippen LogP contribution < -0.4 is 62.6 Å². The quantitative estimate of drug-likeness (QED) is 0.0601. The smallest absolute Gasteiger partial charge is 0.297 e. The number of ketones is 4. The van der Waals surface area contributed by atoms with Gasteiger partial charge < -0.3 is 18.9 Å². The van der Waals surface area contributed by atoms with Gasteiger partial charge in [0.2, 0.25) is 0 Å². The summed E-state index contributed by atoms with van der Waals surface area (Å²) in [6.07, 6.45) is 41.0. The molecule has 0 amide bonds. The molecule has 0 unspecified atom stereocenters. The van der Waals surface area contributed by atoms with Crippen molar-refractivity contribution in [2.24, 2.45) is 0 Å². The summed E-state index contributed by atoms with van der Waals surface area (Å²) in [4.78, 5) is 40.9. The fraction of sp³-hybridized carbons (Fsp3) is 0.0345. The van der Waals surface area contributed by atoms with Crippen molar-refractivity contribution in [1.82, 2.24) is 0 Å². The normalized spacial score (nSPS) is 13.4. The fourth-order valence-electron chi connectivity index (χ4n) is 15.6. The van der Waals surface area contributed by atoms with E-state index in [1.807, 2.05) is 72.8 Å². The molecule has 3 aliphatic heterocycles. The molecule has 15 aromatic carbocycles. The fourth-order valence-corrected chi connectivity index (χ4v) is 17.4. The average molecular weight is 1720 g/mol. The Kier molecular flexibility index (Phi) is 27.2. The molecule has 130 heavy (non-hydrogen) atoms. The van der Waals surface area contributed by atoms with Crippen molar-refractivity contribution in [3.8, 4) is 71.2 Å². The zero-order valence-corrected chi connectivity index (χ0v) is 71.4. The van der Waals surface area contributed by atoms with Gasteiger partial charge in [0.25, 0.3) is 11.9 Å². The number of hydrogen-bond acceptors (Lipinski definition) is 14. The van der Waals surface area contributed by atoms with E-state index in [0.717, 1.165) is 50.9 Å². The van der Waals surface area contributed by atoms with Crippen molar-refractivity contribution in [2.75, 3.05) is 0 Å². The molecular formula is C116H74N4O8S2. The van der Waals surface area contributed by atoms with Crippen molar-refractivity contribution in [3.05, 3.63) is 414 Å². The molecule has 15 aromatic rings. The summed E-state index contributed by atoms with van der Waals surface area (Å²) in [7, 11) is 0. The summed E-state index contributed by atoms with van der Waals surface area (Å²) in [5.74, 6) is 5.13. The Labute approximate surface area is 756 Å². The Hall–Kier alpha value is -17.3. The first-order valence-corrected chi connectivity index (χ1v) is 43.3. The van der Waals surface area contributed by atoms with E-state index in [1.165, 1.54) is 184 Å². The van der Waals surface area contributed by atoms with E-state index < -0.39 is 0 Å². The third-order valence-corrected chi connectivity index (χ3v) is 24.2. The molecule has 14 heteroatoms. The van der Waals surface area contributed by atoms with Crippen LogP contribution >= 0.6 is 23.5 Å². The van der Waals surface area contributed by atoms with Gasteiger partial charge in [-0.3, -0.25) is 19.2 Å². The average Bonchev–Trinajstić information content (AvgIpc) is 1.04. The van der Waals surface area contributed by atoms with Crippen LogP contribution in [-0.2, 0) is 38.1 Å². The lowest BCUT2D eigenvalue weighted by molar-refractivity contribution is -0.120. The number of carbonyl (C=O) groups excluding carboxylic acids is 4. The van der Waals surface area contributed by atoms with E-state index >= 15 is 0 Å². The standard InChI is InChI=1S/3C17H12.C16H8N2O2.C13H7NO2.C13H7NS2.C12H8.C6H4O2.C5H4O2/c3*1-2-5-13-9-17-11-15-7-3-6-14(15)10-16(17)8-12(13)4-1;17-9-11(10-18)12-5-6-15(16-19-7-8-20-16)14-4-2-1-3-13(12)14;2*1-2-10(9-14)11-3-5-12(6-4-11)13-15-7-8-16-13;1-2-6-10-9(5-1)11-7-3-4-8-12(10)11;7-5-1-2-6(8)4-3-5;6-4-1-2-5(7)3-4/h3*1-2,4-11H,3H2;1-8H;2*1,3-8H;1-8H;1-4H;1-2H,3H2. The molecule has 0 spiro atoms. The molecule has 0 saturated heterocycles. The molecule has 3 heterocycles. The maximum atomic E-state index is 10.3. The van der Waals surface area contributed by atoms with Crippen molar-refractivity contribution >= 4 is 191 Å². The third kappa shape index (κ3) is 20.4. The zero-order chi connectivity index (χ0) is 89.7. The van der Waals surface area contributed by atoms with Crippen molar-refractivity contribution < 1.29 is 38.1 Å². The number of carbonyl (C=O) groups is 4. The highest BCUT2D eigenvalue weighted by molar-refractivity contribution is 8.34. The second kappa shape index (κ2) is 41.0. The van der Waals surface area contributed by atoms with Gasteiger partial charge in [0.15, 0.2) is 23.1 Å². The van der Waals surface area contributed by atoms with Gasteiger partial charge in [-0.05, 0) is 292 Å². The van der Waals surface area contributed by atoms with Crippen LogP contribution in [0.1, 0.15) is 25.7 Å². The summed E-state index contributed by atoms with van der Waals surface area (Å²) in [6.45, 7) is 0. The number of thioether (sulfide) groups is 2.